The van der Waals surface area contributed by atoms with Crippen LogP contribution in [-0.4, -0.2) is 29.1 Å². The molecule has 1 aromatic rings. The van der Waals surface area contributed by atoms with Crippen LogP contribution in [0.15, 0.2) is 18.3 Å². The summed E-state index contributed by atoms with van der Waals surface area (Å²) in [5.41, 5.74) is 1.43. The number of rotatable bonds is 0. The molecule has 76 valence electrons. The second-order valence-electron chi connectivity index (χ2n) is 4.39. The SMILES string of the molecule is CC1CN2CCCNC2c2cccn21. The summed E-state index contributed by atoms with van der Waals surface area (Å²) < 4.78 is 2.40. The highest BCUT2D eigenvalue weighted by molar-refractivity contribution is 5.16. The molecule has 0 saturated carbocycles. The van der Waals surface area contributed by atoms with Crippen LogP contribution in [0, 0.1) is 0 Å². The van der Waals surface area contributed by atoms with Gasteiger partial charge in [0.15, 0.2) is 0 Å². The quantitative estimate of drug-likeness (QED) is 0.668. The van der Waals surface area contributed by atoms with Crippen LogP contribution in [0.5, 0.6) is 0 Å². The molecule has 1 aromatic heterocycles. The minimum absolute atomic E-state index is 0.468. The molecular weight excluding hydrogens is 174 g/mol. The maximum absolute atomic E-state index is 3.59. The maximum atomic E-state index is 3.59. The molecule has 3 nitrogen and oxygen atoms in total. The second kappa shape index (κ2) is 3.11. The lowest BCUT2D eigenvalue weighted by Gasteiger charge is -2.43. The fourth-order valence-corrected chi connectivity index (χ4v) is 2.74. The minimum Gasteiger partial charge on any atom is -0.345 e. The molecule has 0 spiro atoms. The summed E-state index contributed by atoms with van der Waals surface area (Å²) in [6.07, 6.45) is 3.95. The Labute approximate surface area is 84.7 Å². The van der Waals surface area contributed by atoms with Crippen molar-refractivity contribution in [1.29, 1.82) is 0 Å². The first-order chi connectivity index (χ1) is 6.86. The van der Waals surface area contributed by atoms with Crippen LogP contribution in [0.1, 0.15) is 31.2 Å². The topological polar surface area (TPSA) is 20.2 Å². The van der Waals surface area contributed by atoms with Gasteiger partial charge >= 0.3 is 0 Å². The molecule has 0 aliphatic carbocycles. The molecule has 2 aliphatic rings. The smallest absolute Gasteiger partial charge is 0.102 e. The van der Waals surface area contributed by atoms with Gasteiger partial charge in [0.05, 0.1) is 0 Å². The summed E-state index contributed by atoms with van der Waals surface area (Å²) in [5, 5.41) is 3.59. The largest absolute Gasteiger partial charge is 0.345 e. The molecule has 1 N–H and O–H groups in total. The van der Waals surface area contributed by atoms with Crippen LogP contribution >= 0.6 is 0 Å². The molecule has 0 bridgehead atoms. The molecule has 3 heterocycles. The third kappa shape index (κ3) is 1.12. The zero-order valence-electron chi connectivity index (χ0n) is 8.61. The van der Waals surface area contributed by atoms with E-state index in [0.29, 0.717) is 12.2 Å². The van der Waals surface area contributed by atoms with Crippen LogP contribution in [0.4, 0.5) is 0 Å². The van der Waals surface area contributed by atoms with Gasteiger partial charge in [-0.05, 0) is 32.0 Å². The fraction of sp³-hybridized carbons (Fsp3) is 0.636. The molecular formula is C11H17N3. The molecule has 0 radical (unpaired) electrons. The van der Waals surface area contributed by atoms with Gasteiger partial charge in [-0.2, -0.15) is 0 Å². The van der Waals surface area contributed by atoms with Crippen molar-refractivity contribution in [3.05, 3.63) is 24.0 Å². The van der Waals surface area contributed by atoms with Crippen molar-refractivity contribution in [3.63, 3.8) is 0 Å². The van der Waals surface area contributed by atoms with Crippen molar-refractivity contribution >= 4 is 0 Å². The molecule has 2 atom stereocenters. The minimum atomic E-state index is 0.468. The predicted octanol–water partition coefficient (Wildman–Crippen LogP) is 1.36. The van der Waals surface area contributed by atoms with Crippen LogP contribution < -0.4 is 5.32 Å². The number of fused-ring (bicyclic) bond motifs is 3. The van der Waals surface area contributed by atoms with E-state index < -0.39 is 0 Å². The average molecular weight is 191 g/mol. The van der Waals surface area contributed by atoms with E-state index in [1.807, 2.05) is 0 Å². The van der Waals surface area contributed by atoms with Gasteiger partial charge in [0.2, 0.25) is 0 Å². The van der Waals surface area contributed by atoms with Crippen LogP contribution in [-0.2, 0) is 0 Å². The predicted molar refractivity (Wildman–Crippen MR) is 56.1 cm³/mol. The number of nitrogens with one attached hydrogen (secondary N) is 1. The number of hydrogen-bond donors (Lipinski definition) is 1. The van der Waals surface area contributed by atoms with E-state index in [0.717, 1.165) is 6.54 Å². The highest BCUT2D eigenvalue weighted by atomic mass is 15.3. The summed E-state index contributed by atoms with van der Waals surface area (Å²) >= 11 is 0. The molecule has 0 aromatic carbocycles. The van der Waals surface area contributed by atoms with Crippen LogP contribution in [0.25, 0.3) is 0 Å². The normalized spacial score (nSPS) is 32.4. The Morgan fingerprint density at radius 2 is 2.43 bits per heavy atom. The molecule has 1 saturated heterocycles. The Morgan fingerprint density at radius 1 is 1.50 bits per heavy atom. The van der Waals surface area contributed by atoms with E-state index >= 15 is 0 Å². The van der Waals surface area contributed by atoms with Gasteiger partial charge in [0, 0.05) is 31.0 Å². The zero-order chi connectivity index (χ0) is 9.54. The standard InChI is InChI=1S/C11H17N3/c1-9-8-13-6-3-5-12-11(13)10-4-2-7-14(9)10/h2,4,7,9,11-12H,3,5-6,8H2,1H3. The third-order valence-corrected chi connectivity index (χ3v) is 3.39. The van der Waals surface area contributed by atoms with Crippen molar-refractivity contribution in [2.45, 2.75) is 25.6 Å². The Bertz CT molecular complexity index is 331. The Morgan fingerprint density at radius 3 is 3.36 bits per heavy atom. The number of hydrogen-bond acceptors (Lipinski definition) is 2. The van der Waals surface area contributed by atoms with Gasteiger partial charge in [-0.1, -0.05) is 0 Å². The van der Waals surface area contributed by atoms with E-state index in [9.17, 15) is 0 Å². The lowest BCUT2D eigenvalue weighted by atomic mass is 10.1. The van der Waals surface area contributed by atoms with E-state index in [1.165, 1.54) is 25.2 Å². The molecule has 2 unspecified atom stereocenters. The molecule has 2 aliphatic heterocycles. The van der Waals surface area contributed by atoms with Crippen molar-refractivity contribution in [3.8, 4) is 0 Å². The summed E-state index contributed by atoms with van der Waals surface area (Å²) in [4.78, 5) is 2.56. The summed E-state index contributed by atoms with van der Waals surface area (Å²) in [5.74, 6) is 0. The van der Waals surface area contributed by atoms with Crippen LogP contribution in [0.3, 0.4) is 0 Å². The van der Waals surface area contributed by atoms with Gasteiger partial charge in [0.1, 0.15) is 6.17 Å². The van der Waals surface area contributed by atoms with Crippen molar-refractivity contribution in [1.82, 2.24) is 14.8 Å². The van der Waals surface area contributed by atoms with Crippen LogP contribution in [0.2, 0.25) is 0 Å². The summed E-state index contributed by atoms with van der Waals surface area (Å²) in [6, 6.07) is 5.02. The van der Waals surface area contributed by atoms with Crippen molar-refractivity contribution in [2.75, 3.05) is 19.6 Å². The lowest BCUT2D eigenvalue weighted by molar-refractivity contribution is 0.0830. The Hall–Kier alpha value is -0.800. The first-order valence-corrected chi connectivity index (χ1v) is 5.50. The highest BCUT2D eigenvalue weighted by Crippen LogP contribution is 2.30. The fourth-order valence-electron chi connectivity index (χ4n) is 2.74. The summed E-state index contributed by atoms with van der Waals surface area (Å²) in [7, 11) is 0. The van der Waals surface area contributed by atoms with Gasteiger partial charge < -0.3 is 4.57 Å². The highest BCUT2D eigenvalue weighted by Gasteiger charge is 2.31. The van der Waals surface area contributed by atoms with E-state index in [1.54, 1.807) is 0 Å². The Kier molecular flexibility index (Phi) is 1.89. The molecule has 0 amide bonds. The monoisotopic (exact) mass is 191 g/mol. The Balaban J connectivity index is 2.00. The molecule has 1 fully saturated rings. The van der Waals surface area contributed by atoms with Gasteiger partial charge in [0.25, 0.3) is 0 Å². The van der Waals surface area contributed by atoms with Gasteiger partial charge in [-0.25, -0.2) is 0 Å². The van der Waals surface area contributed by atoms with Crippen molar-refractivity contribution in [2.24, 2.45) is 0 Å². The average Bonchev–Trinajstić information content (AvgIpc) is 2.67. The second-order valence-corrected chi connectivity index (χ2v) is 4.39. The number of nitrogens with zero attached hydrogens (tertiary/aromatic N) is 2. The molecule has 3 heteroatoms. The van der Waals surface area contributed by atoms with E-state index in [4.69, 9.17) is 0 Å². The summed E-state index contributed by atoms with van der Waals surface area (Å²) in [6.45, 7) is 5.88. The third-order valence-electron chi connectivity index (χ3n) is 3.39. The first kappa shape index (κ1) is 8.50. The van der Waals surface area contributed by atoms with Gasteiger partial charge in [-0.15, -0.1) is 0 Å². The maximum Gasteiger partial charge on any atom is 0.102 e. The van der Waals surface area contributed by atoms with Crippen molar-refractivity contribution < 1.29 is 0 Å². The first-order valence-electron chi connectivity index (χ1n) is 5.50. The van der Waals surface area contributed by atoms with Gasteiger partial charge in [-0.3, -0.25) is 10.2 Å². The molecule has 3 rings (SSSR count). The van der Waals surface area contributed by atoms with E-state index in [-0.39, 0.29) is 0 Å². The van der Waals surface area contributed by atoms with E-state index in [2.05, 4.69) is 40.0 Å². The zero-order valence-corrected chi connectivity index (χ0v) is 8.61. The lowest BCUT2D eigenvalue weighted by Crippen LogP contribution is -2.50. The molecule has 14 heavy (non-hydrogen) atoms. The number of aromatic nitrogens is 1.